The van der Waals surface area contributed by atoms with E-state index in [0.29, 0.717) is 11.7 Å². The van der Waals surface area contributed by atoms with Gasteiger partial charge in [0.2, 0.25) is 5.91 Å². The molecule has 1 amide bonds. The van der Waals surface area contributed by atoms with Crippen LogP contribution in [0.3, 0.4) is 0 Å². The van der Waals surface area contributed by atoms with Gasteiger partial charge < -0.3 is 0 Å². The van der Waals surface area contributed by atoms with Crippen molar-refractivity contribution in [1.82, 2.24) is 9.97 Å². The zero-order valence-corrected chi connectivity index (χ0v) is 20.0. The number of benzene rings is 2. The van der Waals surface area contributed by atoms with E-state index in [1.54, 1.807) is 47.6 Å². The average molecular weight is 480 g/mol. The van der Waals surface area contributed by atoms with Gasteiger partial charge in [-0.05, 0) is 54.3 Å². The van der Waals surface area contributed by atoms with Crippen LogP contribution < -0.4 is 4.90 Å². The van der Waals surface area contributed by atoms with Crippen LogP contribution in [0.15, 0.2) is 78.0 Å². The number of pyridine rings is 1. The van der Waals surface area contributed by atoms with E-state index < -0.39 is 9.84 Å². The van der Waals surface area contributed by atoms with Gasteiger partial charge in [0.25, 0.3) is 0 Å². The first-order chi connectivity index (χ1) is 16.0. The minimum Gasteiger partial charge on any atom is -0.284 e. The Hall–Kier alpha value is -3.10. The number of amides is 1. The maximum atomic E-state index is 13.3. The van der Waals surface area contributed by atoms with Gasteiger partial charge in [0.15, 0.2) is 15.0 Å². The molecule has 0 N–H and O–H groups in total. The first-order valence-electron chi connectivity index (χ1n) is 10.8. The zero-order chi connectivity index (χ0) is 23.3. The second-order valence-electron chi connectivity index (χ2n) is 7.68. The Kier molecular flexibility index (Phi) is 7.15. The third-order valence-electron chi connectivity index (χ3n) is 5.40. The van der Waals surface area contributed by atoms with Gasteiger partial charge in [0.1, 0.15) is 0 Å². The minimum absolute atomic E-state index is 0.0777. The van der Waals surface area contributed by atoms with Crippen LogP contribution in [-0.4, -0.2) is 30.0 Å². The highest BCUT2D eigenvalue weighted by atomic mass is 32.2. The summed E-state index contributed by atoms with van der Waals surface area (Å²) in [6.45, 7) is 2.44. The lowest BCUT2D eigenvalue weighted by Crippen LogP contribution is -2.30. The molecule has 0 aliphatic rings. The van der Waals surface area contributed by atoms with Gasteiger partial charge >= 0.3 is 0 Å². The second-order valence-corrected chi connectivity index (χ2v) is 10.8. The summed E-state index contributed by atoms with van der Waals surface area (Å²) < 4.78 is 26.2. The molecule has 8 heteroatoms. The van der Waals surface area contributed by atoms with Gasteiger partial charge in [-0.3, -0.25) is 14.7 Å². The number of para-hydroxylation sites is 1. The highest BCUT2D eigenvalue weighted by Gasteiger charge is 2.22. The summed E-state index contributed by atoms with van der Waals surface area (Å²) in [7, 11) is -3.43. The number of aryl methyl sites for hydroxylation is 1. The SMILES string of the molecule is CCc1cccc2sc(N(Cc3ccncc3)C(=O)CCCS(=O)(=O)c3ccccc3)nc12. The summed E-state index contributed by atoms with van der Waals surface area (Å²) >= 11 is 1.48. The average Bonchev–Trinajstić information content (AvgIpc) is 3.27. The summed E-state index contributed by atoms with van der Waals surface area (Å²) in [6.07, 6.45) is 4.60. The molecule has 0 bridgehead atoms. The predicted molar refractivity (Wildman–Crippen MR) is 132 cm³/mol. The van der Waals surface area contributed by atoms with Gasteiger partial charge in [-0.15, -0.1) is 0 Å². The fraction of sp³-hybridized carbons (Fsp3) is 0.240. The predicted octanol–water partition coefficient (Wildman–Crippen LogP) is 5.04. The van der Waals surface area contributed by atoms with Crippen molar-refractivity contribution in [3.05, 3.63) is 84.2 Å². The van der Waals surface area contributed by atoms with Gasteiger partial charge in [0, 0.05) is 18.8 Å². The van der Waals surface area contributed by atoms with E-state index >= 15 is 0 Å². The van der Waals surface area contributed by atoms with Crippen molar-refractivity contribution in [2.45, 2.75) is 37.6 Å². The fourth-order valence-corrected chi connectivity index (χ4v) is 5.98. The molecule has 2 heterocycles. The van der Waals surface area contributed by atoms with Gasteiger partial charge in [0.05, 0.1) is 27.4 Å². The van der Waals surface area contributed by atoms with Crippen LogP contribution in [0.2, 0.25) is 0 Å². The van der Waals surface area contributed by atoms with Crippen molar-refractivity contribution in [3.8, 4) is 0 Å². The molecule has 170 valence electrons. The molecule has 2 aromatic carbocycles. The molecule has 6 nitrogen and oxygen atoms in total. The Labute approximate surface area is 197 Å². The van der Waals surface area contributed by atoms with Crippen molar-refractivity contribution in [1.29, 1.82) is 0 Å². The third kappa shape index (κ3) is 5.46. The normalized spacial score (nSPS) is 11.5. The fourth-order valence-electron chi connectivity index (χ4n) is 3.62. The number of hydrogen-bond donors (Lipinski definition) is 0. The number of rotatable bonds is 9. The molecule has 0 fully saturated rings. The number of aromatic nitrogens is 2. The molecule has 0 aliphatic heterocycles. The van der Waals surface area contributed by atoms with Crippen LogP contribution in [0.1, 0.15) is 30.9 Å². The summed E-state index contributed by atoms with van der Waals surface area (Å²) in [4.78, 5) is 24.1. The highest BCUT2D eigenvalue weighted by molar-refractivity contribution is 7.91. The van der Waals surface area contributed by atoms with Crippen molar-refractivity contribution < 1.29 is 13.2 Å². The van der Waals surface area contributed by atoms with Crippen molar-refractivity contribution in [2.75, 3.05) is 10.7 Å². The Bertz CT molecular complexity index is 1340. The molecule has 33 heavy (non-hydrogen) atoms. The van der Waals surface area contributed by atoms with Gasteiger partial charge in [-0.25, -0.2) is 13.4 Å². The molecule has 4 rings (SSSR count). The first kappa shape index (κ1) is 23.1. The molecule has 0 unspecified atom stereocenters. The first-order valence-corrected chi connectivity index (χ1v) is 13.3. The maximum absolute atomic E-state index is 13.3. The van der Waals surface area contributed by atoms with Crippen LogP contribution in [-0.2, 0) is 27.6 Å². The number of hydrogen-bond acceptors (Lipinski definition) is 6. The molecular formula is C25H25N3O3S2. The second kappa shape index (κ2) is 10.2. The van der Waals surface area contributed by atoms with E-state index in [2.05, 4.69) is 18.0 Å². The largest absolute Gasteiger partial charge is 0.284 e. The number of carbonyl (C=O) groups is 1. The van der Waals surface area contributed by atoms with Crippen LogP contribution in [0.25, 0.3) is 10.2 Å². The summed E-state index contributed by atoms with van der Waals surface area (Å²) in [6, 6.07) is 18.1. The smallest absolute Gasteiger partial charge is 0.229 e. The monoisotopic (exact) mass is 479 g/mol. The summed E-state index contributed by atoms with van der Waals surface area (Å²) in [5.41, 5.74) is 2.99. The Morgan fingerprint density at radius 1 is 1.00 bits per heavy atom. The molecule has 2 aromatic heterocycles. The number of nitrogens with zero attached hydrogens (tertiary/aromatic N) is 3. The lowest BCUT2D eigenvalue weighted by atomic mass is 10.1. The number of fused-ring (bicyclic) bond motifs is 1. The third-order valence-corrected chi connectivity index (χ3v) is 8.26. The molecule has 0 atom stereocenters. The van der Waals surface area contributed by atoms with Gasteiger partial charge in [-0.2, -0.15) is 0 Å². The summed E-state index contributed by atoms with van der Waals surface area (Å²) in [5, 5.41) is 0.624. The molecule has 0 spiro atoms. The van der Waals surface area contributed by atoms with E-state index in [1.165, 1.54) is 11.3 Å². The zero-order valence-electron chi connectivity index (χ0n) is 18.3. The highest BCUT2D eigenvalue weighted by Crippen LogP contribution is 2.32. The number of carbonyl (C=O) groups excluding carboxylic acids is 1. The van der Waals surface area contributed by atoms with Crippen LogP contribution in [0.5, 0.6) is 0 Å². The minimum atomic E-state index is -3.43. The molecule has 0 radical (unpaired) electrons. The van der Waals surface area contributed by atoms with Crippen molar-refractivity contribution in [2.24, 2.45) is 0 Å². The number of sulfone groups is 1. The van der Waals surface area contributed by atoms with E-state index in [4.69, 9.17) is 4.98 Å². The quantitative estimate of drug-likeness (QED) is 0.336. The van der Waals surface area contributed by atoms with Crippen LogP contribution >= 0.6 is 11.3 Å². The van der Waals surface area contributed by atoms with E-state index in [9.17, 15) is 13.2 Å². The van der Waals surface area contributed by atoms with E-state index in [-0.39, 0.29) is 29.4 Å². The van der Waals surface area contributed by atoms with Crippen LogP contribution in [0.4, 0.5) is 5.13 Å². The van der Waals surface area contributed by atoms with E-state index in [0.717, 1.165) is 27.8 Å². The molecule has 0 saturated heterocycles. The van der Waals surface area contributed by atoms with Crippen LogP contribution in [0, 0.1) is 0 Å². The molecule has 0 saturated carbocycles. The molecular weight excluding hydrogens is 454 g/mol. The van der Waals surface area contributed by atoms with Crippen molar-refractivity contribution in [3.63, 3.8) is 0 Å². The lowest BCUT2D eigenvalue weighted by molar-refractivity contribution is -0.118. The Morgan fingerprint density at radius 2 is 1.76 bits per heavy atom. The standard InChI is InChI=1S/C25H25N3O3S2/c1-2-20-8-6-11-22-24(20)27-25(32-22)28(18-19-13-15-26-16-14-19)23(29)12-7-17-33(30,31)21-9-4-3-5-10-21/h3-6,8-11,13-16H,2,7,12,17-18H2,1H3. The number of thiazole rings is 1. The lowest BCUT2D eigenvalue weighted by Gasteiger charge is -2.20. The van der Waals surface area contributed by atoms with Crippen molar-refractivity contribution >= 4 is 42.4 Å². The topological polar surface area (TPSA) is 80.2 Å². The summed E-state index contributed by atoms with van der Waals surface area (Å²) in [5.74, 6) is -0.224. The maximum Gasteiger partial charge on any atom is 0.229 e. The Balaban J connectivity index is 1.55. The van der Waals surface area contributed by atoms with E-state index in [1.807, 2.05) is 24.3 Å². The van der Waals surface area contributed by atoms with Gasteiger partial charge in [-0.1, -0.05) is 48.6 Å². The number of anilines is 1. The Morgan fingerprint density at radius 3 is 2.48 bits per heavy atom. The molecule has 0 aliphatic carbocycles. The molecule has 4 aromatic rings.